The predicted octanol–water partition coefficient (Wildman–Crippen LogP) is 2.07. The van der Waals surface area contributed by atoms with Gasteiger partial charge in [0, 0.05) is 18.3 Å². The van der Waals surface area contributed by atoms with Gasteiger partial charge in [-0.2, -0.15) is 5.10 Å². The molecule has 3 atom stereocenters. The van der Waals surface area contributed by atoms with Gasteiger partial charge in [0.15, 0.2) is 12.2 Å². The number of β-amino-alcohol motifs (C(OH)–C–C–N with tert-alkyl or cyclic N) is 1. The normalized spacial score (nSPS) is 20.1. The zero-order valence-electron chi connectivity index (χ0n) is 19.7. The summed E-state index contributed by atoms with van der Waals surface area (Å²) in [6.45, 7) is -0.269. The highest BCUT2D eigenvalue weighted by Gasteiger charge is 2.49. The predicted molar refractivity (Wildman–Crippen MR) is 137 cm³/mol. The molecule has 1 aromatic heterocycles. The molecule has 4 rings (SSSR count). The molecule has 0 spiro atoms. The topological polar surface area (TPSA) is 175 Å². The molecular formula is C22H21Cl2N7O7. The van der Waals surface area contributed by atoms with E-state index >= 15 is 0 Å². The molecule has 0 radical (unpaired) electrons. The van der Waals surface area contributed by atoms with Gasteiger partial charge in [0.1, 0.15) is 29.1 Å². The van der Waals surface area contributed by atoms with E-state index in [2.05, 4.69) is 20.8 Å². The molecular weight excluding hydrogens is 545 g/mol. The number of aliphatic imine (C=N–C) groups is 1. The number of furan rings is 1. The van der Waals surface area contributed by atoms with Crippen LogP contribution in [0.3, 0.4) is 0 Å². The molecule has 2 aliphatic heterocycles. The third kappa shape index (κ3) is 6.04. The molecule has 1 saturated heterocycles. The molecule has 2 aliphatic rings. The summed E-state index contributed by atoms with van der Waals surface area (Å²) in [5.41, 5.74) is 2.70. The second-order valence-corrected chi connectivity index (χ2v) is 8.93. The van der Waals surface area contributed by atoms with Crippen LogP contribution < -0.4 is 15.5 Å². The van der Waals surface area contributed by atoms with Crippen molar-refractivity contribution in [3.8, 4) is 5.75 Å². The third-order valence-corrected chi connectivity index (χ3v) is 6.00. The molecule has 1 aromatic carbocycles. The number of fused-ring (bicyclic) bond motifs is 1. The van der Waals surface area contributed by atoms with Crippen molar-refractivity contribution in [3.63, 3.8) is 0 Å². The van der Waals surface area contributed by atoms with Crippen LogP contribution in [0, 0.1) is 10.1 Å². The van der Waals surface area contributed by atoms with E-state index in [9.17, 15) is 24.8 Å². The number of imide groups is 1. The van der Waals surface area contributed by atoms with E-state index in [1.165, 1.54) is 53.4 Å². The summed E-state index contributed by atoms with van der Waals surface area (Å²) < 4.78 is 10.6. The minimum atomic E-state index is -1.10. The van der Waals surface area contributed by atoms with E-state index in [1.807, 2.05) is 0 Å². The molecule has 3 unspecified atom stereocenters. The van der Waals surface area contributed by atoms with E-state index in [0.29, 0.717) is 10.8 Å². The quantitative estimate of drug-likeness (QED) is 0.233. The number of hydrogen-bond acceptors (Lipinski definition) is 11. The fraction of sp³-hybridized carbons (Fsp3) is 0.273. The van der Waals surface area contributed by atoms with Crippen molar-refractivity contribution in [1.29, 1.82) is 0 Å². The van der Waals surface area contributed by atoms with Crippen molar-refractivity contribution in [2.45, 2.75) is 18.3 Å². The lowest BCUT2D eigenvalue weighted by Gasteiger charge is -2.36. The van der Waals surface area contributed by atoms with Gasteiger partial charge in [0.25, 0.3) is 5.91 Å². The number of allylic oxidation sites excluding steroid dienone is 1. The van der Waals surface area contributed by atoms with Crippen LogP contribution in [-0.2, 0) is 4.79 Å². The van der Waals surface area contributed by atoms with Gasteiger partial charge in [0.05, 0.1) is 17.6 Å². The third-order valence-electron chi connectivity index (χ3n) is 5.47. The summed E-state index contributed by atoms with van der Waals surface area (Å²) in [6, 6.07) is 5.77. The number of hydrazone groups is 1. The van der Waals surface area contributed by atoms with Crippen molar-refractivity contribution in [2.24, 2.45) is 10.1 Å². The number of urea groups is 1. The number of aliphatic hydroxyl groups excluding tert-OH is 1. The van der Waals surface area contributed by atoms with Gasteiger partial charge in [0.2, 0.25) is 5.96 Å². The maximum Gasteiger partial charge on any atom is 0.433 e. The Balaban J connectivity index is 1.44. The van der Waals surface area contributed by atoms with Gasteiger partial charge in [-0.3, -0.25) is 20.2 Å². The first-order valence-corrected chi connectivity index (χ1v) is 11.8. The second-order valence-electron chi connectivity index (χ2n) is 8.09. The SMILES string of the molecule is CN1C(=O)NC(=O)C2C1N=C(N/N=C\C=C\c1ccc([N+](=O)[O-])o1)N2CC(O)COc1ccc(Cl)cc1Cl. The van der Waals surface area contributed by atoms with E-state index < -0.39 is 41.1 Å². The second kappa shape index (κ2) is 11.5. The zero-order chi connectivity index (χ0) is 27.4. The van der Waals surface area contributed by atoms with Crippen LogP contribution >= 0.6 is 23.2 Å². The smallest absolute Gasteiger partial charge is 0.433 e. The number of nitrogens with zero attached hydrogens (tertiary/aromatic N) is 5. The molecule has 0 bridgehead atoms. The van der Waals surface area contributed by atoms with Gasteiger partial charge in [-0.05, 0) is 36.4 Å². The Morgan fingerprint density at radius 3 is 2.87 bits per heavy atom. The summed E-state index contributed by atoms with van der Waals surface area (Å²) >= 11 is 12.0. The summed E-state index contributed by atoms with van der Waals surface area (Å²) in [4.78, 5) is 41.9. The Labute approximate surface area is 225 Å². The van der Waals surface area contributed by atoms with Gasteiger partial charge in [-0.25, -0.2) is 15.2 Å². The monoisotopic (exact) mass is 565 g/mol. The summed E-state index contributed by atoms with van der Waals surface area (Å²) in [6.07, 6.45) is 2.29. The first-order chi connectivity index (χ1) is 18.1. The molecule has 14 nitrogen and oxygen atoms in total. The molecule has 0 saturated carbocycles. The fourth-order valence-electron chi connectivity index (χ4n) is 3.68. The van der Waals surface area contributed by atoms with Crippen molar-refractivity contribution in [3.05, 3.63) is 62.3 Å². The summed E-state index contributed by atoms with van der Waals surface area (Å²) in [7, 11) is 1.49. The average molecular weight is 566 g/mol. The van der Waals surface area contributed by atoms with Crippen molar-refractivity contribution in [1.82, 2.24) is 20.5 Å². The van der Waals surface area contributed by atoms with E-state index in [0.717, 1.165) is 0 Å². The molecule has 16 heteroatoms. The van der Waals surface area contributed by atoms with E-state index in [4.69, 9.17) is 32.4 Å². The molecule has 0 aliphatic carbocycles. The van der Waals surface area contributed by atoms with Crippen LogP contribution in [0.25, 0.3) is 6.08 Å². The van der Waals surface area contributed by atoms with Gasteiger partial charge < -0.3 is 24.1 Å². The van der Waals surface area contributed by atoms with Crippen molar-refractivity contribution in [2.75, 3.05) is 20.2 Å². The Kier molecular flexibility index (Phi) is 8.14. The van der Waals surface area contributed by atoms with Crippen molar-refractivity contribution >= 4 is 59.3 Å². The standard InChI is InChI=1S/C22H21Cl2N7O7/c1-29-19-18(20(33)27-22(29)34)30(10-13(32)11-37-16-6-4-12(23)9-15(16)24)21(26-19)28-25-8-2-3-14-5-7-17(38-14)31(35)36/h2-9,13,18-19,32H,10-11H2,1H3,(H,26,28)(H,27,33,34)/b3-2+,25-8-. The maximum absolute atomic E-state index is 12.7. The lowest BCUT2D eigenvalue weighted by Crippen LogP contribution is -2.64. The zero-order valence-corrected chi connectivity index (χ0v) is 21.2. The minimum Gasteiger partial charge on any atom is -0.489 e. The highest BCUT2D eigenvalue weighted by atomic mass is 35.5. The number of hydrogen-bond donors (Lipinski definition) is 3. The Morgan fingerprint density at radius 1 is 1.37 bits per heavy atom. The Bertz CT molecular complexity index is 1330. The Hall–Kier alpha value is -4.14. The highest BCUT2D eigenvalue weighted by molar-refractivity contribution is 6.35. The molecule has 1 fully saturated rings. The number of nitro groups is 1. The van der Waals surface area contributed by atoms with Crippen LogP contribution in [0.15, 0.2) is 50.9 Å². The first-order valence-electron chi connectivity index (χ1n) is 11.0. The van der Waals surface area contributed by atoms with Gasteiger partial charge in [-0.15, -0.1) is 0 Å². The van der Waals surface area contributed by atoms with Gasteiger partial charge >= 0.3 is 11.9 Å². The number of guanidine groups is 1. The summed E-state index contributed by atoms with van der Waals surface area (Å²) in [5, 5.41) is 28.3. The first kappa shape index (κ1) is 26.9. The van der Waals surface area contributed by atoms with Crippen LogP contribution in [-0.4, -0.2) is 82.5 Å². The number of carbonyl (C=O) groups is 2. The lowest BCUT2D eigenvalue weighted by atomic mass is 10.1. The lowest BCUT2D eigenvalue weighted by molar-refractivity contribution is -0.402. The summed E-state index contributed by atoms with van der Waals surface area (Å²) in [5.74, 6) is -0.291. The number of halogens is 2. The van der Waals surface area contributed by atoms with Crippen LogP contribution in [0.5, 0.6) is 5.75 Å². The minimum absolute atomic E-state index is 0.102. The number of benzene rings is 1. The molecule has 38 heavy (non-hydrogen) atoms. The fourth-order valence-corrected chi connectivity index (χ4v) is 4.15. The number of rotatable bonds is 9. The largest absolute Gasteiger partial charge is 0.489 e. The number of likely N-dealkylation sites (N-methyl/N-ethyl adjacent to an activating group) is 1. The highest BCUT2D eigenvalue weighted by Crippen LogP contribution is 2.28. The van der Waals surface area contributed by atoms with Crippen LogP contribution in [0.2, 0.25) is 10.0 Å². The van der Waals surface area contributed by atoms with Crippen LogP contribution in [0.1, 0.15) is 5.76 Å². The van der Waals surface area contributed by atoms with Crippen LogP contribution in [0.4, 0.5) is 10.7 Å². The number of aliphatic hydroxyl groups is 1. The molecule has 3 N–H and O–H groups in total. The number of amides is 3. The maximum atomic E-state index is 12.7. The molecule has 200 valence electrons. The number of nitrogens with one attached hydrogen (secondary N) is 2. The molecule has 3 heterocycles. The number of ether oxygens (including phenoxy) is 1. The molecule has 3 amide bonds. The van der Waals surface area contributed by atoms with E-state index in [-0.39, 0.29) is 29.9 Å². The van der Waals surface area contributed by atoms with Crippen molar-refractivity contribution < 1.29 is 28.8 Å². The van der Waals surface area contributed by atoms with E-state index in [1.54, 1.807) is 12.1 Å². The average Bonchev–Trinajstić information content (AvgIpc) is 3.48. The van der Waals surface area contributed by atoms with Gasteiger partial charge in [-0.1, -0.05) is 23.2 Å². The number of carbonyl (C=O) groups excluding carboxylic acids is 2. The molecule has 2 aromatic rings. The Morgan fingerprint density at radius 2 is 2.16 bits per heavy atom.